The Labute approximate surface area is 111 Å². The van der Waals surface area contributed by atoms with Gasteiger partial charge in [-0.3, -0.25) is 4.79 Å². The number of nitrogens with zero attached hydrogens (tertiary/aromatic N) is 1. The normalized spacial score (nSPS) is 24.7. The van der Waals surface area contributed by atoms with Crippen molar-refractivity contribution in [2.24, 2.45) is 5.73 Å². The number of likely N-dealkylation sites (tertiary alicyclic amines) is 1. The molecule has 0 bridgehead atoms. The Balaban J connectivity index is 2.48. The Kier molecular flexibility index (Phi) is 6.09. The van der Waals surface area contributed by atoms with Crippen LogP contribution in [-0.4, -0.2) is 42.0 Å². The summed E-state index contributed by atoms with van der Waals surface area (Å²) in [6.45, 7) is 9.26. The molecule has 1 fully saturated rings. The van der Waals surface area contributed by atoms with Crippen LogP contribution in [0.1, 0.15) is 52.9 Å². The number of nitrogens with one attached hydrogen (secondary N) is 1. The number of primary amides is 1. The van der Waals surface area contributed by atoms with Crippen molar-refractivity contribution in [3.05, 3.63) is 0 Å². The van der Waals surface area contributed by atoms with Crippen LogP contribution >= 0.6 is 0 Å². The molecular weight excluding hydrogens is 226 g/mol. The summed E-state index contributed by atoms with van der Waals surface area (Å²) in [4.78, 5) is 14.1. The van der Waals surface area contributed by atoms with Gasteiger partial charge in [-0.05, 0) is 52.6 Å². The average Bonchev–Trinajstić information content (AvgIpc) is 2.35. The highest BCUT2D eigenvalue weighted by molar-refractivity contribution is 5.84. The number of hydrogen-bond donors (Lipinski definition) is 2. The Morgan fingerprint density at radius 3 is 2.78 bits per heavy atom. The first-order chi connectivity index (χ1) is 8.49. The molecule has 1 saturated heterocycles. The molecular formula is C14H29N3O. The SMILES string of the molecule is CCCNC(C)(CCN1CCCCC1C)C(N)=O. The number of nitrogens with two attached hydrogens (primary N) is 1. The van der Waals surface area contributed by atoms with Crippen molar-refractivity contribution in [1.29, 1.82) is 0 Å². The lowest BCUT2D eigenvalue weighted by Crippen LogP contribution is -2.55. The molecule has 0 aromatic rings. The number of hydrogen-bond acceptors (Lipinski definition) is 3. The van der Waals surface area contributed by atoms with E-state index in [-0.39, 0.29) is 5.91 Å². The van der Waals surface area contributed by atoms with Crippen molar-refractivity contribution < 1.29 is 4.79 Å². The molecule has 1 amide bonds. The summed E-state index contributed by atoms with van der Waals surface area (Å²) in [6, 6.07) is 0.641. The van der Waals surface area contributed by atoms with Gasteiger partial charge in [0.05, 0.1) is 5.54 Å². The lowest BCUT2D eigenvalue weighted by molar-refractivity contribution is -0.124. The number of rotatable bonds is 7. The largest absolute Gasteiger partial charge is 0.368 e. The predicted octanol–water partition coefficient (Wildman–Crippen LogP) is 1.49. The van der Waals surface area contributed by atoms with Gasteiger partial charge in [0, 0.05) is 12.6 Å². The monoisotopic (exact) mass is 255 g/mol. The zero-order valence-corrected chi connectivity index (χ0v) is 12.2. The van der Waals surface area contributed by atoms with Crippen molar-refractivity contribution in [3.8, 4) is 0 Å². The van der Waals surface area contributed by atoms with Gasteiger partial charge in [-0.15, -0.1) is 0 Å². The number of carbonyl (C=O) groups excluding carboxylic acids is 1. The van der Waals surface area contributed by atoms with Crippen LogP contribution in [-0.2, 0) is 4.79 Å². The number of carbonyl (C=O) groups is 1. The first-order valence-corrected chi connectivity index (χ1v) is 7.28. The second kappa shape index (κ2) is 7.10. The van der Waals surface area contributed by atoms with Crippen molar-refractivity contribution in [2.75, 3.05) is 19.6 Å². The van der Waals surface area contributed by atoms with Crippen LogP contribution in [0.15, 0.2) is 0 Å². The third-order valence-corrected chi connectivity index (χ3v) is 4.15. The summed E-state index contributed by atoms with van der Waals surface area (Å²) in [5, 5.41) is 3.30. The maximum absolute atomic E-state index is 11.6. The lowest BCUT2D eigenvalue weighted by Gasteiger charge is -2.36. The highest BCUT2D eigenvalue weighted by Crippen LogP contribution is 2.19. The van der Waals surface area contributed by atoms with Crippen LogP contribution < -0.4 is 11.1 Å². The van der Waals surface area contributed by atoms with E-state index in [4.69, 9.17) is 5.73 Å². The van der Waals surface area contributed by atoms with Gasteiger partial charge in [-0.25, -0.2) is 0 Å². The standard InChI is InChI=1S/C14H29N3O/c1-4-9-16-14(3,13(15)18)8-11-17-10-6-5-7-12(17)2/h12,16H,4-11H2,1-3H3,(H2,15,18). The molecule has 106 valence electrons. The minimum Gasteiger partial charge on any atom is -0.368 e. The molecule has 1 aliphatic rings. The molecule has 3 N–H and O–H groups in total. The molecule has 0 saturated carbocycles. The molecule has 1 aliphatic heterocycles. The summed E-state index contributed by atoms with van der Waals surface area (Å²) in [6.07, 6.45) is 5.70. The Morgan fingerprint density at radius 1 is 1.50 bits per heavy atom. The van der Waals surface area contributed by atoms with E-state index in [1.807, 2.05) is 6.92 Å². The van der Waals surface area contributed by atoms with Crippen LogP contribution in [0.4, 0.5) is 0 Å². The molecule has 0 spiro atoms. The van der Waals surface area contributed by atoms with Crippen molar-refractivity contribution in [3.63, 3.8) is 0 Å². The molecule has 2 unspecified atom stereocenters. The molecule has 1 heterocycles. The van der Waals surface area contributed by atoms with Crippen LogP contribution in [0.2, 0.25) is 0 Å². The molecule has 1 rings (SSSR count). The number of piperidine rings is 1. The highest BCUT2D eigenvalue weighted by atomic mass is 16.1. The van der Waals surface area contributed by atoms with Gasteiger partial charge in [0.2, 0.25) is 5.91 Å². The summed E-state index contributed by atoms with van der Waals surface area (Å²) in [7, 11) is 0. The molecule has 0 aromatic carbocycles. The molecule has 18 heavy (non-hydrogen) atoms. The van der Waals surface area contributed by atoms with Crippen molar-refractivity contribution in [1.82, 2.24) is 10.2 Å². The van der Waals surface area contributed by atoms with E-state index >= 15 is 0 Å². The zero-order chi connectivity index (χ0) is 13.6. The fourth-order valence-corrected chi connectivity index (χ4v) is 2.56. The van der Waals surface area contributed by atoms with E-state index in [1.54, 1.807) is 0 Å². The molecule has 4 heteroatoms. The van der Waals surface area contributed by atoms with E-state index in [9.17, 15) is 4.79 Å². The van der Waals surface area contributed by atoms with Crippen LogP contribution in [0.25, 0.3) is 0 Å². The lowest BCUT2D eigenvalue weighted by atomic mass is 9.94. The molecule has 2 atom stereocenters. The minimum atomic E-state index is -0.562. The van der Waals surface area contributed by atoms with E-state index in [0.717, 1.165) is 32.5 Å². The Bertz CT molecular complexity index is 270. The second-order valence-electron chi connectivity index (χ2n) is 5.75. The fraction of sp³-hybridized carbons (Fsp3) is 0.929. The van der Waals surface area contributed by atoms with E-state index in [0.29, 0.717) is 6.04 Å². The van der Waals surface area contributed by atoms with Crippen molar-refractivity contribution in [2.45, 2.75) is 64.5 Å². The molecule has 0 radical (unpaired) electrons. The topological polar surface area (TPSA) is 58.4 Å². The molecule has 0 aliphatic carbocycles. The number of amides is 1. The van der Waals surface area contributed by atoms with Gasteiger partial charge >= 0.3 is 0 Å². The van der Waals surface area contributed by atoms with Crippen molar-refractivity contribution >= 4 is 5.91 Å². The van der Waals surface area contributed by atoms with Gasteiger partial charge in [0.15, 0.2) is 0 Å². The summed E-state index contributed by atoms with van der Waals surface area (Å²) < 4.78 is 0. The first kappa shape index (κ1) is 15.4. The maximum Gasteiger partial charge on any atom is 0.237 e. The third kappa shape index (κ3) is 4.25. The van der Waals surface area contributed by atoms with Gasteiger partial charge < -0.3 is 16.0 Å². The van der Waals surface area contributed by atoms with E-state index in [1.165, 1.54) is 19.3 Å². The average molecular weight is 255 g/mol. The predicted molar refractivity (Wildman–Crippen MR) is 75.4 cm³/mol. The smallest absolute Gasteiger partial charge is 0.237 e. The van der Waals surface area contributed by atoms with E-state index < -0.39 is 5.54 Å². The summed E-state index contributed by atoms with van der Waals surface area (Å²) in [5.74, 6) is -0.236. The highest BCUT2D eigenvalue weighted by Gasteiger charge is 2.31. The van der Waals surface area contributed by atoms with Crippen LogP contribution in [0.3, 0.4) is 0 Å². The van der Waals surface area contributed by atoms with Gasteiger partial charge in [-0.1, -0.05) is 13.3 Å². The van der Waals surface area contributed by atoms with Crippen LogP contribution in [0, 0.1) is 0 Å². The Hall–Kier alpha value is -0.610. The quantitative estimate of drug-likeness (QED) is 0.725. The van der Waals surface area contributed by atoms with Crippen LogP contribution in [0.5, 0.6) is 0 Å². The second-order valence-corrected chi connectivity index (χ2v) is 5.75. The van der Waals surface area contributed by atoms with Gasteiger partial charge in [-0.2, -0.15) is 0 Å². The summed E-state index contributed by atoms with van der Waals surface area (Å²) in [5.41, 5.74) is 4.98. The van der Waals surface area contributed by atoms with E-state index in [2.05, 4.69) is 24.1 Å². The zero-order valence-electron chi connectivity index (χ0n) is 12.2. The Morgan fingerprint density at radius 2 is 2.22 bits per heavy atom. The first-order valence-electron chi connectivity index (χ1n) is 7.28. The fourth-order valence-electron chi connectivity index (χ4n) is 2.56. The maximum atomic E-state index is 11.6. The third-order valence-electron chi connectivity index (χ3n) is 4.15. The van der Waals surface area contributed by atoms with Gasteiger partial charge in [0.1, 0.15) is 0 Å². The molecule has 0 aromatic heterocycles. The summed E-state index contributed by atoms with van der Waals surface area (Å²) >= 11 is 0. The van der Waals surface area contributed by atoms with Gasteiger partial charge in [0.25, 0.3) is 0 Å². The molecule has 4 nitrogen and oxygen atoms in total. The minimum absolute atomic E-state index is 0.236.